The van der Waals surface area contributed by atoms with E-state index < -0.39 is 10.0 Å². The lowest BCUT2D eigenvalue weighted by molar-refractivity contribution is -0.146. The number of benzene rings is 2. The van der Waals surface area contributed by atoms with Crippen molar-refractivity contribution in [3.8, 4) is 0 Å². The molecule has 1 saturated heterocycles. The minimum absolute atomic E-state index is 0.154. The second-order valence-electron chi connectivity index (χ2n) is 6.99. The Labute approximate surface area is 170 Å². The molecule has 1 aliphatic rings. The van der Waals surface area contributed by atoms with Crippen LogP contribution < -0.4 is 4.72 Å². The van der Waals surface area contributed by atoms with E-state index in [0.29, 0.717) is 42.7 Å². The van der Waals surface area contributed by atoms with E-state index in [1.54, 1.807) is 48.2 Å². The van der Waals surface area contributed by atoms with Gasteiger partial charge in [-0.2, -0.15) is 0 Å². The molecule has 0 saturated carbocycles. The topological polar surface area (TPSA) is 92.8 Å². The number of piperidine rings is 1. The van der Waals surface area contributed by atoms with Gasteiger partial charge in [-0.25, -0.2) is 8.42 Å². The third-order valence-electron chi connectivity index (χ3n) is 5.18. The van der Waals surface area contributed by atoms with E-state index in [9.17, 15) is 18.0 Å². The Morgan fingerprint density at radius 3 is 2.31 bits per heavy atom. The molecule has 1 fully saturated rings. The Hall–Kier alpha value is -2.87. The zero-order valence-corrected chi connectivity index (χ0v) is 17.2. The van der Waals surface area contributed by atoms with Gasteiger partial charge in [0.2, 0.25) is 0 Å². The Kier molecular flexibility index (Phi) is 6.22. The van der Waals surface area contributed by atoms with Crippen LogP contribution >= 0.6 is 0 Å². The summed E-state index contributed by atoms with van der Waals surface area (Å²) >= 11 is 0. The number of methoxy groups -OCH3 is 1. The summed E-state index contributed by atoms with van der Waals surface area (Å²) in [6.07, 6.45) is 1.11. The smallest absolute Gasteiger partial charge is 0.308 e. The van der Waals surface area contributed by atoms with Crippen molar-refractivity contribution in [2.75, 3.05) is 24.9 Å². The number of carbonyl (C=O) groups is 2. The molecule has 29 heavy (non-hydrogen) atoms. The Bertz CT molecular complexity index is 997. The highest BCUT2D eigenvalue weighted by atomic mass is 32.2. The standard InChI is InChI=1S/C21H24N2O5S/c1-15-18(20(24)23-13-11-16(12-14-23)21(25)28-2)9-6-10-19(15)22-29(26,27)17-7-4-3-5-8-17/h3-10,16,22H,11-14H2,1-2H3. The number of anilines is 1. The Morgan fingerprint density at radius 1 is 1.03 bits per heavy atom. The first-order chi connectivity index (χ1) is 13.8. The van der Waals surface area contributed by atoms with Crippen LogP contribution in [0.2, 0.25) is 0 Å². The van der Waals surface area contributed by atoms with Crippen LogP contribution in [0.15, 0.2) is 53.4 Å². The summed E-state index contributed by atoms with van der Waals surface area (Å²) < 4.78 is 32.6. The van der Waals surface area contributed by atoms with Crippen LogP contribution in [0, 0.1) is 12.8 Å². The molecular weight excluding hydrogens is 392 g/mol. The van der Waals surface area contributed by atoms with Crippen LogP contribution in [0.5, 0.6) is 0 Å². The number of esters is 1. The third kappa shape index (κ3) is 4.59. The molecule has 1 heterocycles. The average molecular weight is 416 g/mol. The Balaban J connectivity index is 1.77. The maximum Gasteiger partial charge on any atom is 0.308 e. The molecule has 2 aromatic carbocycles. The molecule has 0 bridgehead atoms. The first-order valence-electron chi connectivity index (χ1n) is 9.38. The van der Waals surface area contributed by atoms with E-state index in [2.05, 4.69) is 4.72 Å². The minimum Gasteiger partial charge on any atom is -0.469 e. The second kappa shape index (κ2) is 8.65. The second-order valence-corrected chi connectivity index (χ2v) is 8.67. The fourth-order valence-electron chi connectivity index (χ4n) is 3.44. The molecule has 0 aromatic heterocycles. The highest BCUT2D eigenvalue weighted by Crippen LogP contribution is 2.26. The molecule has 0 atom stereocenters. The van der Waals surface area contributed by atoms with Gasteiger partial charge in [-0.3, -0.25) is 14.3 Å². The molecule has 1 aliphatic heterocycles. The molecule has 2 aromatic rings. The number of carbonyl (C=O) groups excluding carboxylic acids is 2. The van der Waals surface area contributed by atoms with Gasteiger partial charge in [0.25, 0.3) is 15.9 Å². The number of nitrogens with one attached hydrogen (secondary N) is 1. The van der Waals surface area contributed by atoms with Crippen molar-refractivity contribution in [1.29, 1.82) is 0 Å². The van der Waals surface area contributed by atoms with Crippen molar-refractivity contribution in [1.82, 2.24) is 4.90 Å². The van der Waals surface area contributed by atoms with E-state index in [-0.39, 0.29) is 22.7 Å². The maximum atomic E-state index is 13.0. The molecular formula is C21H24N2O5S. The lowest BCUT2D eigenvalue weighted by Gasteiger charge is -2.31. The van der Waals surface area contributed by atoms with Crippen molar-refractivity contribution < 1.29 is 22.7 Å². The van der Waals surface area contributed by atoms with Gasteiger partial charge in [0.05, 0.1) is 23.6 Å². The third-order valence-corrected chi connectivity index (χ3v) is 6.56. The van der Waals surface area contributed by atoms with Crippen molar-refractivity contribution in [2.45, 2.75) is 24.7 Å². The van der Waals surface area contributed by atoms with Gasteiger partial charge in [0.1, 0.15) is 0 Å². The molecule has 8 heteroatoms. The largest absolute Gasteiger partial charge is 0.469 e. The number of ether oxygens (including phenoxy) is 1. The molecule has 0 unspecified atom stereocenters. The molecule has 0 radical (unpaired) electrons. The number of likely N-dealkylation sites (tertiary alicyclic amines) is 1. The van der Waals surface area contributed by atoms with E-state index >= 15 is 0 Å². The van der Waals surface area contributed by atoms with Gasteiger partial charge in [-0.05, 0) is 49.6 Å². The lowest BCUT2D eigenvalue weighted by atomic mass is 9.96. The van der Waals surface area contributed by atoms with Crippen LogP contribution in [0.4, 0.5) is 5.69 Å². The van der Waals surface area contributed by atoms with Gasteiger partial charge < -0.3 is 9.64 Å². The molecule has 0 spiro atoms. The first kappa shape index (κ1) is 20.9. The predicted octanol–water partition coefficient (Wildman–Crippen LogP) is 2.82. The van der Waals surface area contributed by atoms with Gasteiger partial charge in [-0.1, -0.05) is 24.3 Å². The predicted molar refractivity (Wildman–Crippen MR) is 109 cm³/mol. The van der Waals surface area contributed by atoms with Crippen LogP contribution in [0.3, 0.4) is 0 Å². The first-order valence-corrected chi connectivity index (χ1v) is 10.9. The minimum atomic E-state index is -3.75. The van der Waals surface area contributed by atoms with Crippen LogP contribution in [-0.4, -0.2) is 45.4 Å². The maximum absolute atomic E-state index is 13.0. The van der Waals surface area contributed by atoms with Crippen molar-refractivity contribution >= 4 is 27.6 Å². The molecule has 1 amide bonds. The average Bonchev–Trinajstić information content (AvgIpc) is 2.75. The zero-order valence-electron chi connectivity index (χ0n) is 16.4. The number of nitrogens with zero attached hydrogens (tertiary/aromatic N) is 1. The summed E-state index contributed by atoms with van der Waals surface area (Å²) in [6.45, 7) is 2.63. The molecule has 3 rings (SSSR count). The van der Waals surface area contributed by atoms with Gasteiger partial charge in [-0.15, -0.1) is 0 Å². The van der Waals surface area contributed by atoms with Gasteiger partial charge >= 0.3 is 5.97 Å². The number of rotatable bonds is 5. The van der Waals surface area contributed by atoms with E-state index in [0.717, 1.165) is 0 Å². The van der Waals surface area contributed by atoms with E-state index in [4.69, 9.17) is 4.74 Å². The number of hydrogen-bond donors (Lipinski definition) is 1. The highest BCUT2D eigenvalue weighted by Gasteiger charge is 2.29. The number of hydrogen-bond acceptors (Lipinski definition) is 5. The number of amides is 1. The fourth-order valence-corrected chi connectivity index (χ4v) is 4.58. The SMILES string of the molecule is COC(=O)C1CCN(C(=O)c2cccc(NS(=O)(=O)c3ccccc3)c2C)CC1. The summed E-state index contributed by atoms with van der Waals surface area (Å²) in [5, 5.41) is 0. The van der Waals surface area contributed by atoms with E-state index in [1.807, 2.05) is 0 Å². The van der Waals surface area contributed by atoms with Crippen LogP contribution in [0.25, 0.3) is 0 Å². The normalized spacial score (nSPS) is 15.0. The summed E-state index contributed by atoms with van der Waals surface area (Å²) in [5.41, 5.74) is 1.37. The molecule has 0 aliphatic carbocycles. The summed E-state index contributed by atoms with van der Waals surface area (Å²) in [6, 6.07) is 13.0. The van der Waals surface area contributed by atoms with Gasteiger partial charge in [0, 0.05) is 18.7 Å². The molecule has 7 nitrogen and oxygen atoms in total. The zero-order chi connectivity index (χ0) is 21.0. The highest BCUT2D eigenvalue weighted by molar-refractivity contribution is 7.92. The van der Waals surface area contributed by atoms with Crippen molar-refractivity contribution in [2.24, 2.45) is 5.92 Å². The summed E-state index contributed by atoms with van der Waals surface area (Å²) in [4.78, 5) is 26.5. The quantitative estimate of drug-likeness (QED) is 0.757. The van der Waals surface area contributed by atoms with Crippen LogP contribution in [-0.2, 0) is 19.6 Å². The van der Waals surface area contributed by atoms with E-state index in [1.165, 1.54) is 19.2 Å². The summed E-state index contributed by atoms with van der Waals surface area (Å²) in [7, 11) is -2.38. The van der Waals surface area contributed by atoms with Crippen molar-refractivity contribution in [3.63, 3.8) is 0 Å². The van der Waals surface area contributed by atoms with Gasteiger partial charge in [0.15, 0.2) is 0 Å². The van der Waals surface area contributed by atoms with Crippen molar-refractivity contribution in [3.05, 3.63) is 59.7 Å². The number of sulfonamides is 1. The Morgan fingerprint density at radius 2 is 1.69 bits per heavy atom. The molecule has 1 N–H and O–H groups in total. The lowest BCUT2D eigenvalue weighted by Crippen LogP contribution is -2.40. The fraction of sp³-hybridized carbons (Fsp3) is 0.333. The summed E-state index contributed by atoms with van der Waals surface area (Å²) in [5.74, 6) is -0.605. The monoisotopic (exact) mass is 416 g/mol. The van der Waals surface area contributed by atoms with Crippen LogP contribution in [0.1, 0.15) is 28.8 Å². The molecule has 154 valence electrons.